The van der Waals surface area contributed by atoms with Crippen molar-refractivity contribution in [2.75, 3.05) is 0 Å². The van der Waals surface area contributed by atoms with Gasteiger partial charge in [-0.1, -0.05) is 12.8 Å². The third-order valence-corrected chi connectivity index (χ3v) is 4.65. The molecule has 1 nitrogen and oxygen atoms in total. The van der Waals surface area contributed by atoms with Gasteiger partial charge >= 0.3 is 0 Å². The van der Waals surface area contributed by atoms with Gasteiger partial charge in [-0.3, -0.25) is 0 Å². The van der Waals surface area contributed by atoms with Crippen LogP contribution in [-0.4, -0.2) is 11.2 Å². The lowest BCUT2D eigenvalue weighted by molar-refractivity contribution is 0.0816. The van der Waals surface area contributed by atoms with Gasteiger partial charge in [-0.15, -0.1) is 0 Å². The Hall–Kier alpha value is -0.0400. The van der Waals surface area contributed by atoms with E-state index in [0.29, 0.717) is 10.8 Å². The molecule has 3 atom stereocenters. The molecule has 0 aromatic carbocycles. The van der Waals surface area contributed by atoms with Gasteiger partial charge in [0.2, 0.25) is 0 Å². The first-order chi connectivity index (χ1) is 5.29. The number of hydrogen-bond donors (Lipinski definition) is 1. The lowest BCUT2D eigenvalue weighted by Crippen LogP contribution is -2.23. The summed E-state index contributed by atoms with van der Waals surface area (Å²) in [7, 11) is 0. The summed E-state index contributed by atoms with van der Waals surface area (Å²) in [5.41, 5.74) is 1.11. The zero-order chi connectivity index (χ0) is 7.53. The normalized spacial score (nSPS) is 60.3. The van der Waals surface area contributed by atoms with Crippen LogP contribution in [0.25, 0.3) is 0 Å². The zero-order valence-corrected chi connectivity index (χ0v) is 6.97. The number of aliphatic hydroxyl groups excluding tert-OH is 1. The van der Waals surface area contributed by atoms with E-state index in [4.69, 9.17) is 0 Å². The first-order valence-corrected chi connectivity index (χ1v) is 4.97. The van der Waals surface area contributed by atoms with Gasteiger partial charge in [0.1, 0.15) is 0 Å². The minimum absolute atomic E-state index is 0.0720. The summed E-state index contributed by atoms with van der Waals surface area (Å²) < 4.78 is 0. The summed E-state index contributed by atoms with van der Waals surface area (Å²) >= 11 is 0. The van der Waals surface area contributed by atoms with Gasteiger partial charge in [0.25, 0.3) is 0 Å². The van der Waals surface area contributed by atoms with Crippen molar-refractivity contribution in [3.8, 4) is 0 Å². The molecule has 0 unspecified atom stereocenters. The van der Waals surface area contributed by atoms with E-state index >= 15 is 0 Å². The van der Waals surface area contributed by atoms with Gasteiger partial charge in [-0.05, 0) is 37.5 Å². The van der Waals surface area contributed by atoms with Crippen molar-refractivity contribution in [3.05, 3.63) is 0 Å². The molecule has 3 fully saturated rings. The fourth-order valence-corrected chi connectivity index (χ4v) is 3.94. The summed E-state index contributed by atoms with van der Waals surface area (Å²) in [6.07, 6.45) is 9.41. The molecule has 3 aliphatic rings. The fourth-order valence-electron chi connectivity index (χ4n) is 3.94. The van der Waals surface area contributed by atoms with Crippen molar-refractivity contribution in [3.63, 3.8) is 0 Å². The van der Waals surface area contributed by atoms with Crippen LogP contribution in [0.1, 0.15) is 44.9 Å². The van der Waals surface area contributed by atoms with Crippen molar-refractivity contribution in [1.29, 1.82) is 0 Å². The maximum atomic E-state index is 9.82. The van der Waals surface area contributed by atoms with Crippen molar-refractivity contribution in [2.24, 2.45) is 10.8 Å². The average Bonchev–Trinajstić information content (AvgIpc) is 2.63. The first kappa shape index (κ1) is 6.47. The summed E-state index contributed by atoms with van der Waals surface area (Å²) in [5.74, 6) is 0. The van der Waals surface area contributed by atoms with Crippen molar-refractivity contribution >= 4 is 0 Å². The molecule has 1 N–H and O–H groups in total. The van der Waals surface area contributed by atoms with Gasteiger partial charge in [0, 0.05) is 5.41 Å². The molecule has 0 aromatic rings. The van der Waals surface area contributed by atoms with Crippen LogP contribution in [0.2, 0.25) is 0 Å². The molecule has 1 heteroatoms. The molecule has 0 saturated heterocycles. The van der Waals surface area contributed by atoms with Crippen LogP contribution >= 0.6 is 0 Å². The summed E-state index contributed by atoms with van der Waals surface area (Å²) in [4.78, 5) is 0. The molecule has 3 saturated carbocycles. The second-order valence-electron chi connectivity index (χ2n) is 4.87. The molecule has 0 amide bonds. The Bertz CT molecular complexity index is 193. The topological polar surface area (TPSA) is 20.2 Å². The van der Waals surface area contributed by atoms with Gasteiger partial charge < -0.3 is 5.11 Å². The van der Waals surface area contributed by atoms with Crippen LogP contribution in [0, 0.1) is 10.8 Å². The summed E-state index contributed by atoms with van der Waals surface area (Å²) in [6.45, 7) is 0. The van der Waals surface area contributed by atoms with Gasteiger partial charge in [0.15, 0.2) is 0 Å². The average molecular weight is 152 g/mol. The quantitative estimate of drug-likeness (QED) is 0.563. The summed E-state index contributed by atoms with van der Waals surface area (Å²) in [6, 6.07) is 0. The Morgan fingerprint density at radius 3 is 2.73 bits per heavy atom. The fraction of sp³-hybridized carbons (Fsp3) is 1.00. The van der Waals surface area contributed by atoms with E-state index in [-0.39, 0.29) is 6.10 Å². The van der Waals surface area contributed by atoms with Gasteiger partial charge in [0.05, 0.1) is 6.10 Å². The Morgan fingerprint density at radius 2 is 1.91 bits per heavy atom. The minimum atomic E-state index is 0.0720. The monoisotopic (exact) mass is 152 g/mol. The molecule has 0 heterocycles. The van der Waals surface area contributed by atoms with Crippen LogP contribution in [-0.2, 0) is 0 Å². The highest BCUT2D eigenvalue weighted by molar-refractivity contribution is 5.22. The Morgan fingerprint density at radius 1 is 1.09 bits per heavy atom. The predicted molar refractivity (Wildman–Crippen MR) is 43.2 cm³/mol. The third-order valence-electron chi connectivity index (χ3n) is 4.65. The van der Waals surface area contributed by atoms with E-state index in [1.807, 2.05) is 0 Å². The zero-order valence-electron chi connectivity index (χ0n) is 6.97. The Kier molecular flexibility index (Phi) is 0.976. The smallest absolute Gasteiger partial charge is 0.0602 e. The standard InChI is InChI=1S/C10H16O/c11-8-3-6-9-4-1-2-5-10(8,9)7-9/h8,11H,1-7H2/t8-,9+,10+/m1/s1. The number of aliphatic hydroxyl groups is 1. The van der Waals surface area contributed by atoms with Gasteiger partial charge in [-0.25, -0.2) is 0 Å². The van der Waals surface area contributed by atoms with E-state index in [2.05, 4.69) is 0 Å². The SMILES string of the molecule is O[C@@H]1CC[C@]23CCCC[C@]12C3. The van der Waals surface area contributed by atoms with Crippen molar-refractivity contribution in [1.82, 2.24) is 0 Å². The molecule has 3 rings (SSSR count). The highest BCUT2D eigenvalue weighted by Crippen LogP contribution is 2.79. The molecule has 0 bridgehead atoms. The number of rotatable bonds is 0. The Labute approximate surface area is 67.8 Å². The molecular formula is C10H16O. The molecule has 0 spiro atoms. The molecule has 3 aliphatic carbocycles. The highest BCUT2D eigenvalue weighted by atomic mass is 16.3. The van der Waals surface area contributed by atoms with Crippen LogP contribution < -0.4 is 0 Å². The largest absolute Gasteiger partial charge is 0.393 e. The van der Waals surface area contributed by atoms with E-state index in [1.54, 1.807) is 0 Å². The van der Waals surface area contributed by atoms with E-state index < -0.39 is 0 Å². The van der Waals surface area contributed by atoms with Crippen molar-refractivity contribution in [2.45, 2.75) is 51.0 Å². The molecule has 0 radical (unpaired) electrons. The van der Waals surface area contributed by atoms with E-state index in [9.17, 15) is 5.11 Å². The highest BCUT2D eigenvalue weighted by Gasteiger charge is 2.73. The van der Waals surface area contributed by atoms with Crippen LogP contribution in [0.3, 0.4) is 0 Å². The second-order valence-corrected chi connectivity index (χ2v) is 4.87. The van der Waals surface area contributed by atoms with E-state index in [0.717, 1.165) is 6.42 Å². The minimum Gasteiger partial charge on any atom is -0.393 e. The lowest BCUT2D eigenvalue weighted by Gasteiger charge is -2.25. The Balaban J connectivity index is 1.96. The maximum Gasteiger partial charge on any atom is 0.0602 e. The van der Waals surface area contributed by atoms with Crippen molar-refractivity contribution < 1.29 is 5.11 Å². The molecular weight excluding hydrogens is 136 g/mol. The second kappa shape index (κ2) is 1.66. The van der Waals surface area contributed by atoms with Crippen LogP contribution in [0.4, 0.5) is 0 Å². The molecule has 0 aromatic heterocycles. The summed E-state index contributed by atoms with van der Waals surface area (Å²) in [5, 5.41) is 9.82. The maximum absolute atomic E-state index is 9.82. The first-order valence-electron chi connectivity index (χ1n) is 4.97. The van der Waals surface area contributed by atoms with Crippen LogP contribution in [0.15, 0.2) is 0 Å². The van der Waals surface area contributed by atoms with Gasteiger partial charge in [-0.2, -0.15) is 0 Å². The van der Waals surface area contributed by atoms with E-state index in [1.165, 1.54) is 38.5 Å². The van der Waals surface area contributed by atoms with Crippen LogP contribution in [0.5, 0.6) is 0 Å². The number of hydrogen-bond acceptors (Lipinski definition) is 1. The lowest BCUT2D eigenvalue weighted by atomic mass is 9.81. The third kappa shape index (κ3) is 0.547. The molecule has 0 aliphatic heterocycles. The molecule has 62 valence electrons. The molecule has 11 heavy (non-hydrogen) atoms. The predicted octanol–water partition coefficient (Wildman–Crippen LogP) is 2.09.